The van der Waals surface area contributed by atoms with Crippen molar-refractivity contribution in [2.45, 2.75) is 68.1 Å². The molecule has 0 atom stereocenters. The number of carbonyl (C=O) groups excluding carboxylic acids is 1. The summed E-state index contributed by atoms with van der Waals surface area (Å²) in [5.74, 6) is 5.24. The molecule has 2 aliphatic carbocycles. The number of amides is 1. The van der Waals surface area contributed by atoms with Crippen molar-refractivity contribution in [2.24, 2.45) is 11.8 Å². The summed E-state index contributed by atoms with van der Waals surface area (Å²) < 4.78 is 6.14. The molecule has 2 aromatic carbocycles. The van der Waals surface area contributed by atoms with E-state index < -0.39 is 0 Å². The minimum absolute atomic E-state index is 0.138. The van der Waals surface area contributed by atoms with Gasteiger partial charge in [-0.2, -0.15) is 0 Å². The van der Waals surface area contributed by atoms with E-state index in [4.69, 9.17) is 11.2 Å². The van der Waals surface area contributed by atoms with Crippen LogP contribution in [0.2, 0.25) is 0 Å². The SMILES string of the molecule is C#Cc1cccc(N(C[C@H]2CC[C@H](c3ccc(OC)c(C)c3)CC2)C(=O)[C@H]2CC[C@H](I)CC2)c1. The number of rotatable bonds is 6. The maximum Gasteiger partial charge on any atom is 0.230 e. The number of ether oxygens (including phenoxy) is 1. The van der Waals surface area contributed by atoms with Gasteiger partial charge in [0, 0.05) is 27.6 Å². The highest BCUT2D eigenvalue weighted by Crippen LogP contribution is 2.39. The van der Waals surface area contributed by atoms with Gasteiger partial charge >= 0.3 is 0 Å². The zero-order valence-corrected chi connectivity index (χ0v) is 22.6. The summed E-state index contributed by atoms with van der Waals surface area (Å²) in [4.78, 5) is 15.8. The average molecular weight is 570 g/mol. The number of terminal acetylenes is 1. The Morgan fingerprint density at radius 2 is 1.79 bits per heavy atom. The van der Waals surface area contributed by atoms with Gasteiger partial charge in [0.2, 0.25) is 5.91 Å². The van der Waals surface area contributed by atoms with Crippen LogP contribution in [0.25, 0.3) is 0 Å². The van der Waals surface area contributed by atoms with E-state index >= 15 is 0 Å². The fourth-order valence-electron chi connectivity index (χ4n) is 5.70. The largest absolute Gasteiger partial charge is 0.496 e. The van der Waals surface area contributed by atoms with E-state index in [9.17, 15) is 4.79 Å². The summed E-state index contributed by atoms with van der Waals surface area (Å²) in [5.41, 5.74) is 4.42. The molecule has 0 saturated heterocycles. The first kappa shape index (κ1) is 25.1. The summed E-state index contributed by atoms with van der Waals surface area (Å²) >= 11 is 2.53. The quantitative estimate of drug-likeness (QED) is 0.208. The number of benzene rings is 2. The molecule has 180 valence electrons. The van der Waals surface area contributed by atoms with Gasteiger partial charge in [0.15, 0.2) is 0 Å². The van der Waals surface area contributed by atoms with Crippen LogP contribution in [0.1, 0.15) is 74.0 Å². The molecule has 0 bridgehead atoms. The molecule has 0 heterocycles. The Bertz CT molecular complexity index is 1030. The van der Waals surface area contributed by atoms with Gasteiger partial charge in [0.05, 0.1) is 7.11 Å². The summed E-state index contributed by atoms with van der Waals surface area (Å²) in [6.07, 6.45) is 14.6. The number of anilines is 1. The highest BCUT2D eigenvalue weighted by atomic mass is 127. The van der Waals surface area contributed by atoms with Crippen LogP contribution >= 0.6 is 22.6 Å². The summed E-state index contributed by atoms with van der Waals surface area (Å²) in [5, 5.41) is 0. The Balaban J connectivity index is 1.46. The molecule has 0 spiro atoms. The van der Waals surface area contributed by atoms with Crippen LogP contribution < -0.4 is 9.64 Å². The third-order valence-corrected chi connectivity index (χ3v) is 9.02. The summed E-state index contributed by atoms with van der Waals surface area (Å²) in [6.45, 7) is 2.92. The van der Waals surface area contributed by atoms with E-state index in [2.05, 4.69) is 64.6 Å². The van der Waals surface area contributed by atoms with Crippen molar-refractivity contribution >= 4 is 34.2 Å². The van der Waals surface area contributed by atoms with Gasteiger partial charge in [-0.3, -0.25) is 4.79 Å². The zero-order chi connectivity index (χ0) is 24.1. The van der Waals surface area contributed by atoms with Crippen molar-refractivity contribution in [2.75, 3.05) is 18.6 Å². The van der Waals surface area contributed by atoms with Gasteiger partial charge in [-0.25, -0.2) is 0 Å². The molecule has 2 aliphatic rings. The van der Waals surface area contributed by atoms with Crippen molar-refractivity contribution < 1.29 is 9.53 Å². The first-order chi connectivity index (χ1) is 16.5. The van der Waals surface area contributed by atoms with Crippen LogP contribution in [0.5, 0.6) is 5.75 Å². The van der Waals surface area contributed by atoms with E-state index in [1.165, 1.54) is 24.0 Å². The molecule has 1 amide bonds. The molecule has 0 N–H and O–H groups in total. The van der Waals surface area contributed by atoms with E-state index in [-0.39, 0.29) is 5.92 Å². The molecule has 4 rings (SSSR count). The van der Waals surface area contributed by atoms with Crippen molar-refractivity contribution in [1.82, 2.24) is 0 Å². The Hall–Kier alpha value is -2.00. The number of alkyl halides is 1. The molecular formula is C30H36INO2. The minimum atomic E-state index is 0.138. The predicted octanol–water partition coefficient (Wildman–Crippen LogP) is 7.29. The average Bonchev–Trinajstić information content (AvgIpc) is 2.87. The normalized spacial score (nSPS) is 24.8. The molecule has 3 nitrogen and oxygen atoms in total. The second kappa shape index (κ2) is 11.6. The fourth-order valence-corrected chi connectivity index (χ4v) is 6.42. The van der Waals surface area contributed by atoms with Gasteiger partial charge in [-0.05, 0) is 106 Å². The second-order valence-electron chi connectivity index (χ2n) is 10.0. The van der Waals surface area contributed by atoms with Crippen LogP contribution in [0.4, 0.5) is 5.69 Å². The van der Waals surface area contributed by atoms with Gasteiger partial charge in [0.1, 0.15) is 5.75 Å². The zero-order valence-electron chi connectivity index (χ0n) is 20.4. The van der Waals surface area contributed by atoms with Crippen LogP contribution in [0.3, 0.4) is 0 Å². The smallest absolute Gasteiger partial charge is 0.230 e. The number of aryl methyl sites for hydroxylation is 1. The molecule has 2 fully saturated rings. The first-order valence-corrected chi connectivity index (χ1v) is 13.9. The van der Waals surface area contributed by atoms with Crippen LogP contribution in [-0.2, 0) is 4.79 Å². The van der Waals surface area contributed by atoms with Crippen LogP contribution in [-0.4, -0.2) is 23.5 Å². The molecule has 0 unspecified atom stereocenters. The first-order valence-electron chi connectivity index (χ1n) is 12.6. The van der Waals surface area contributed by atoms with Crippen molar-refractivity contribution in [3.05, 3.63) is 59.2 Å². The van der Waals surface area contributed by atoms with E-state index in [0.29, 0.717) is 21.7 Å². The fraction of sp³-hybridized carbons (Fsp3) is 0.500. The lowest BCUT2D eigenvalue weighted by Crippen LogP contribution is -2.41. The number of hydrogen-bond donors (Lipinski definition) is 0. The Morgan fingerprint density at radius 3 is 2.44 bits per heavy atom. The molecular weight excluding hydrogens is 533 g/mol. The maximum atomic E-state index is 13.7. The lowest BCUT2D eigenvalue weighted by atomic mass is 9.78. The third kappa shape index (κ3) is 5.97. The van der Waals surface area contributed by atoms with Gasteiger partial charge in [-0.15, -0.1) is 6.42 Å². The minimum Gasteiger partial charge on any atom is -0.496 e. The Morgan fingerprint density at radius 1 is 1.06 bits per heavy atom. The van der Waals surface area contributed by atoms with E-state index in [1.54, 1.807) is 7.11 Å². The van der Waals surface area contributed by atoms with Gasteiger partial charge in [0.25, 0.3) is 0 Å². The molecule has 34 heavy (non-hydrogen) atoms. The Kier molecular flexibility index (Phi) is 8.58. The van der Waals surface area contributed by atoms with E-state index in [0.717, 1.165) is 62.1 Å². The van der Waals surface area contributed by atoms with Gasteiger partial charge in [-0.1, -0.05) is 46.7 Å². The maximum absolute atomic E-state index is 13.7. The van der Waals surface area contributed by atoms with Crippen LogP contribution in [0, 0.1) is 31.1 Å². The molecule has 0 aliphatic heterocycles. The number of hydrogen-bond acceptors (Lipinski definition) is 2. The number of methoxy groups -OCH3 is 1. The highest BCUT2D eigenvalue weighted by molar-refractivity contribution is 14.1. The number of halogens is 1. The molecule has 4 heteroatoms. The van der Waals surface area contributed by atoms with Crippen molar-refractivity contribution in [3.8, 4) is 18.1 Å². The monoisotopic (exact) mass is 569 g/mol. The summed E-state index contributed by atoms with van der Waals surface area (Å²) in [6, 6.07) is 14.6. The third-order valence-electron chi connectivity index (χ3n) is 7.77. The highest BCUT2D eigenvalue weighted by Gasteiger charge is 2.32. The standard InChI is InChI=1S/C30H36INO2/c1-4-22-6-5-7-28(19-22)32(30(33)25-12-15-27(31)16-13-25)20-23-8-10-24(11-9-23)26-14-17-29(34-3)21(2)18-26/h1,5-7,14,17-19,23-25,27H,8-13,15-16,20H2,2-3H3/t23-,24-,25-,27-. The predicted molar refractivity (Wildman–Crippen MR) is 149 cm³/mol. The Labute approximate surface area is 218 Å². The topological polar surface area (TPSA) is 29.5 Å². The van der Waals surface area contributed by atoms with Gasteiger partial charge < -0.3 is 9.64 Å². The van der Waals surface area contributed by atoms with Crippen molar-refractivity contribution in [1.29, 1.82) is 0 Å². The lowest BCUT2D eigenvalue weighted by molar-refractivity contribution is -0.123. The van der Waals surface area contributed by atoms with Crippen molar-refractivity contribution in [3.63, 3.8) is 0 Å². The number of nitrogens with zero attached hydrogens (tertiary/aromatic N) is 1. The summed E-state index contributed by atoms with van der Waals surface area (Å²) in [7, 11) is 1.73. The molecule has 0 aromatic heterocycles. The second-order valence-corrected chi connectivity index (χ2v) is 11.8. The lowest BCUT2D eigenvalue weighted by Gasteiger charge is -2.36. The molecule has 2 saturated carbocycles. The number of carbonyl (C=O) groups is 1. The molecule has 0 radical (unpaired) electrons. The van der Waals surface area contributed by atoms with E-state index in [1.807, 2.05) is 18.2 Å². The molecule has 2 aromatic rings. The van der Waals surface area contributed by atoms with Crippen LogP contribution in [0.15, 0.2) is 42.5 Å².